The van der Waals surface area contributed by atoms with Gasteiger partial charge in [-0.15, -0.1) is 0 Å². The van der Waals surface area contributed by atoms with Gasteiger partial charge in [-0.25, -0.2) is 4.39 Å². The number of ether oxygens (including phenoxy) is 2. The van der Waals surface area contributed by atoms with Crippen molar-refractivity contribution in [3.05, 3.63) is 58.3 Å². The van der Waals surface area contributed by atoms with Crippen molar-refractivity contribution in [2.45, 2.75) is 6.54 Å². The maximum atomic E-state index is 13.2. The van der Waals surface area contributed by atoms with Crippen LogP contribution in [0.1, 0.15) is 5.56 Å². The van der Waals surface area contributed by atoms with Gasteiger partial charge in [0.25, 0.3) is 0 Å². The van der Waals surface area contributed by atoms with E-state index in [0.29, 0.717) is 25.5 Å². The molecular weight excluding hydrogens is 337 g/mol. The number of benzene rings is 2. The van der Waals surface area contributed by atoms with E-state index in [4.69, 9.17) is 9.47 Å². The van der Waals surface area contributed by atoms with Crippen LogP contribution in [0.2, 0.25) is 0 Å². The summed E-state index contributed by atoms with van der Waals surface area (Å²) in [4.78, 5) is 0. The highest BCUT2D eigenvalue weighted by molar-refractivity contribution is 9.10. The van der Waals surface area contributed by atoms with E-state index in [1.54, 1.807) is 6.07 Å². The van der Waals surface area contributed by atoms with Crippen molar-refractivity contribution in [3.63, 3.8) is 0 Å². The molecule has 0 saturated carbocycles. The summed E-state index contributed by atoms with van der Waals surface area (Å²) in [5.74, 6) is 1.19. The maximum absolute atomic E-state index is 13.2. The van der Waals surface area contributed by atoms with Gasteiger partial charge in [0.2, 0.25) is 0 Å². The second kappa shape index (κ2) is 8.00. The van der Waals surface area contributed by atoms with Gasteiger partial charge in [0.1, 0.15) is 30.5 Å². The van der Waals surface area contributed by atoms with E-state index >= 15 is 0 Å². The lowest BCUT2D eigenvalue weighted by Crippen LogP contribution is -2.12. The lowest BCUT2D eigenvalue weighted by Gasteiger charge is -2.12. The fraction of sp³-hybridized carbons (Fsp3) is 0.250. The van der Waals surface area contributed by atoms with Crippen LogP contribution in [0.15, 0.2) is 46.9 Å². The van der Waals surface area contributed by atoms with Crippen molar-refractivity contribution >= 4 is 15.9 Å². The number of nitrogens with one attached hydrogen (secondary N) is 1. The molecule has 0 amide bonds. The maximum Gasteiger partial charge on any atom is 0.124 e. The highest BCUT2D eigenvalue weighted by atomic mass is 79.9. The van der Waals surface area contributed by atoms with Crippen LogP contribution in [0.5, 0.6) is 11.5 Å². The SMILES string of the molecule is CNCc1cc(F)ccc1OCCOc1ccc(Br)cc1. The summed E-state index contributed by atoms with van der Waals surface area (Å²) in [6.07, 6.45) is 0. The molecular formula is C16H17BrFNO2. The standard InChI is InChI=1S/C16H17BrFNO2/c1-19-11-12-10-14(18)4-7-16(12)21-9-8-20-15-5-2-13(17)3-6-15/h2-7,10,19H,8-9,11H2,1H3. The van der Waals surface area contributed by atoms with Crippen molar-refractivity contribution in [2.24, 2.45) is 0 Å². The van der Waals surface area contributed by atoms with E-state index in [1.807, 2.05) is 31.3 Å². The molecule has 0 unspecified atom stereocenters. The molecule has 0 heterocycles. The molecule has 0 atom stereocenters. The zero-order chi connectivity index (χ0) is 15.1. The zero-order valence-corrected chi connectivity index (χ0v) is 13.3. The quantitative estimate of drug-likeness (QED) is 0.768. The molecule has 5 heteroatoms. The van der Waals surface area contributed by atoms with Gasteiger partial charge < -0.3 is 14.8 Å². The third-order valence-corrected chi connectivity index (χ3v) is 3.34. The first-order chi connectivity index (χ1) is 10.2. The first-order valence-electron chi connectivity index (χ1n) is 6.63. The smallest absolute Gasteiger partial charge is 0.124 e. The average molecular weight is 354 g/mol. The first kappa shape index (κ1) is 15.8. The average Bonchev–Trinajstić information content (AvgIpc) is 2.48. The monoisotopic (exact) mass is 353 g/mol. The minimum absolute atomic E-state index is 0.265. The predicted octanol–water partition coefficient (Wildman–Crippen LogP) is 3.77. The van der Waals surface area contributed by atoms with Crippen molar-refractivity contribution < 1.29 is 13.9 Å². The van der Waals surface area contributed by atoms with Gasteiger partial charge in [0, 0.05) is 16.6 Å². The van der Waals surface area contributed by atoms with Gasteiger partial charge >= 0.3 is 0 Å². The Labute approximate surface area is 132 Å². The normalized spacial score (nSPS) is 10.4. The van der Waals surface area contributed by atoms with Crippen molar-refractivity contribution in [1.29, 1.82) is 0 Å². The number of hydrogen-bond acceptors (Lipinski definition) is 3. The minimum atomic E-state index is -0.265. The number of rotatable bonds is 7. The largest absolute Gasteiger partial charge is 0.490 e. The molecule has 2 aromatic rings. The molecule has 0 aliphatic heterocycles. The summed E-state index contributed by atoms with van der Waals surface area (Å²) < 4.78 is 25.4. The lowest BCUT2D eigenvalue weighted by molar-refractivity contribution is 0.215. The second-order valence-electron chi connectivity index (χ2n) is 4.43. The fourth-order valence-corrected chi connectivity index (χ4v) is 2.12. The van der Waals surface area contributed by atoms with Crippen LogP contribution in [-0.4, -0.2) is 20.3 Å². The van der Waals surface area contributed by atoms with Crippen LogP contribution < -0.4 is 14.8 Å². The molecule has 3 nitrogen and oxygen atoms in total. The second-order valence-corrected chi connectivity index (χ2v) is 5.35. The highest BCUT2D eigenvalue weighted by Gasteiger charge is 2.05. The Balaban J connectivity index is 1.84. The molecule has 2 rings (SSSR count). The molecule has 0 aliphatic rings. The van der Waals surface area contributed by atoms with Crippen LogP contribution in [-0.2, 0) is 6.54 Å². The molecule has 0 fully saturated rings. The highest BCUT2D eigenvalue weighted by Crippen LogP contribution is 2.20. The Morgan fingerprint density at radius 3 is 2.48 bits per heavy atom. The number of hydrogen-bond donors (Lipinski definition) is 1. The van der Waals surface area contributed by atoms with Crippen molar-refractivity contribution in [1.82, 2.24) is 5.32 Å². The van der Waals surface area contributed by atoms with E-state index < -0.39 is 0 Å². The van der Waals surface area contributed by atoms with Gasteiger partial charge in [0.05, 0.1) is 0 Å². The first-order valence-corrected chi connectivity index (χ1v) is 7.42. The molecule has 0 aromatic heterocycles. The van der Waals surface area contributed by atoms with E-state index in [9.17, 15) is 4.39 Å². The Bertz CT molecular complexity index is 575. The Hall–Kier alpha value is -1.59. The molecule has 112 valence electrons. The zero-order valence-electron chi connectivity index (χ0n) is 11.7. The van der Waals surface area contributed by atoms with Crippen molar-refractivity contribution in [2.75, 3.05) is 20.3 Å². The van der Waals surface area contributed by atoms with Gasteiger partial charge in [-0.1, -0.05) is 15.9 Å². The van der Waals surface area contributed by atoms with Gasteiger partial charge in [-0.3, -0.25) is 0 Å². The van der Waals surface area contributed by atoms with E-state index in [2.05, 4.69) is 21.2 Å². The number of halogens is 2. The Morgan fingerprint density at radius 2 is 1.76 bits per heavy atom. The van der Waals surface area contributed by atoms with Crippen molar-refractivity contribution in [3.8, 4) is 11.5 Å². The molecule has 0 aliphatic carbocycles. The molecule has 0 spiro atoms. The van der Waals surface area contributed by atoms with Crippen LogP contribution in [0, 0.1) is 5.82 Å². The lowest BCUT2D eigenvalue weighted by atomic mass is 10.2. The van der Waals surface area contributed by atoms with Gasteiger partial charge in [-0.05, 0) is 49.5 Å². The molecule has 1 N–H and O–H groups in total. The third kappa shape index (κ3) is 5.02. The molecule has 2 aromatic carbocycles. The van der Waals surface area contributed by atoms with E-state index in [0.717, 1.165) is 15.8 Å². The fourth-order valence-electron chi connectivity index (χ4n) is 1.86. The topological polar surface area (TPSA) is 30.5 Å². The van der Waals surface area contributed by atoms with Crippen LogP contribution in [0.3, 0.4) is 0 Å². The van der Waals surface area contributed by atoms with Gasteiger partial charge in [0.15, 0.2) is 0 Å². The molecule has 0 bridgehead atoms. The van der Waals surface area contributed by atoms with E-state index in [1.165, 1.54) is 12.1 Å². The van der Waals surface area contributed by atoms with E-state index in [-0.39, 0.29) is 5.82 Å². The van der Waals surface area contributed by atoms with Crippen LogP contribution in [0.4, 0.5) is 4.39 Å². The Morgan fingerprint density at radius 1 is 1.05 bits per heavy atom. The summed E-state index contributed by atoms with van der Waals surface area (Å²) in [7, 11) is 1.81. The van der Waals surface area contributed by atoms with Crippen LogP contribution >= 0.6 is 15.9 Å². The van der Waals surface area contributed by atoms with Crippen LogP contribution in [0.25, 0.3) is 0 Å². The third-order valence-electron chi connectivity index (χ3n) is 2.81. The summed E-state index contributed by atoms with van der Waals surface area (Å²) in [5, 5.41) is 2.99. The Kier molecular flexibility index (Phi) is 6.02. The molecule has 0 saturated heterocycles. The van der Waals surface area contributed by atoms with Gasteiger partial charge in [-0.2, -0.15) is 0 Å². The summed E-state index contributed by atoms with van der Waals surface area (Å²) >= 11 is 3.37. The summed E-state index contributed by atoms with van der Waals surface area (Å²) in [5.41, 5.74) is 0.793. The molecule has 21 heavy (non-hydrogen) atoms. The summed E-state index contributed by atoms with van der Waals surface area (Å²) in [6.45, 7) is 1.39. The summed E-state index contributed by atoms with van der Waals surface area (Å²) in [6, 6.07) is 12.1. The minimum Gasteiger partial charge on any atom is -0.490 e. The predicted molar refractivity (Wildman–Crippen MR) is 84.3 cm³/mol. The molecule has 0 radical (unpaired) electrons.